The normalized spacial score (nSPS) is 15.4. The van der Waals surface area contributed by atoms with E-state index in [-0.39, 0.29) is 4.90 Å². The predicted octanol–water partition coefficient (Wildman–Crippen LogP) is 1.45. The first-order valence-corrected chi connectivity index (χ1v) is 8.03. The third kappa shape index (κ3) is 4.19. The summed E-state index contributed by atoms with van der Waals surface area (Å²) in [6, 6.07) is 6.32. The van der Waals surface area contributed by atoms with E-state index in [4.69, 9.17) is 4.74 Å². The molecule has 2 rings (SSSR count). The van der Waals surface area contributed by atoms with E-state index in [0.717, 1.165) is 24.8 Å². The number of ether oxygens (including phenoxy) is 1. The van der Waals surface area contributed by atoms with E-state index in [1.807, 2.05) is 11.8 Å². The Morgan fingerprint density at radius 3 is 2.52 bits per heavy atom. The van der Waals surface area contributed by atoms with Gasteiger partial charge in [0.15, 0.2) is 0 Å². The van der Waals surface area contributed by atoms with E-state index in [2.05, 4.69) is 5.10 Å². The van der Waals surface area contributed by atoms with Crippen LogP contribution in [-0.4, -0.2) is 38.9 Å². The number of carbonyl (C=O) groups excluding carboxylic acids is 1. The second kappa shape index (κ2) is 6.57. The highest BCUT2D eigenvalue weighted by Crippen LogP contribution is 2.10. The molecule has 0 aliphatic carbocycles. The highest BCUT2D eigenvalue weighted by Gasteiger charge is 2.18. The van der Waals surface area contributed by atoms with Crippen molar-refractivity contribution in [3.05, 3.63) is 29.8 Å². The number of nitrogens with zero attached hydrogens (tertiary/aromatic N) is 2. The first-order chi connectivity index (χ1) is 9.99. The molecular weight excluding hydrogens is 294 g/mol. The average Bonchev–Trinajstić information content (AvgIpc) is 2.98. The highest BCUT2D eigenvalue weighted by atomic mass is 32.2. The Morgan fingerprint density at radius 1 is 1.29 bits per heavy atom. The van der Waals surface area contributed by atoms with Crippen LogP contribution in [0.4, 0.5) is 4.79 Å². The number of benzene rings is 1. The number of hydrazone groups is 1. The van der Waals surface area contributed by atoms with Crippen molar-refractivity contribution in [3.63, 3.8) is 0 Å². The first-order valence-electron chi connectivity index (χ1n) is 6.54. The van der Waals surface area contributed by atoms with Gasteiger partial charge in [-0.05, 0) is 31.9 Å². The highest BCUT2D eigenvalue weighted by molar-refractivity contribution is 7.89. The van der Waals surface area contributed by atoms with Crippen molar-refractivity contribution in [2.24, 2.45) is 5.10 Å². The van der Waals surface area contributed by atoms with E-state index in [0.29, 0.717) is 13.1 Å². The molecular formula is C13H17N3O4S. The maximum Gasteiger partial charge on any atom is 0.416 e. The maximum absolute atomic E-state index is 11.9. The van der Waals surface area contributed by atoms with Gasteiger partial charge in [-0.15, -0.1) is 5.10 Å². The molecule has 0 radical (unpaired) electrons. The number of nitrogens with one attached hydrogen (secondary N) is 1. The SMILES string of the molecule is Cc1ccc(S(=O)(=O)N/N=C/OC(=O)N2CCCC2)cc1. The Bertz CT molecular complexity index is 619. The van der Waals surface area contributed by atoms with Gasteiger partial charge in [-0.1, -0.05) is 17.7 Å². The summed E-state index contributed by atoms with van der Waals surface area (Å²) in [4.78, 5) is 15.1. The van der Waals surface area contributed by atoms with Crippen LogP contribution in [0.3, 0.4) is 0 Å². The van der Waals surface area contributed by atoms with Gasteiger partial charge < -0.3 is 9.64 Å². The second-order valence-electron chi connectivity index (χ2n) is 4.72. The van der Waals surface area contributed by atoms with Crippen LogP contribution in [0.15, 0.2) is 34.3 Å². The molecule has 0 atom stereocenters. The molecule has 0 bridgehead atoms. The molecule has 8 heteroatoms. The summed E-state index contributed by atoms with van der Waals surface area (Å²) in [5, 5.41) is 3.42. The van der Waals surface area contributed by atoms with Gasteiger partial charge in [0.25, 0.3) is 10.0 Å². The number of carbonyl (C=O) groups is 1. The summed E-state index contributed by atoms with van der Waals surface area (Å²) in [6.07, 6.45) is 2.18. The van der Waals surface area contributed by atoms with Crippen molar-refractivity contribution in [1.29, 1.82) is 0 Å². The summed E-state index contributed by atoms with van der Waals surface area (Å²) >= 11 is 0. The van der Waals surface area contributed by atoms with Crippen LogP contribution in [0.1, 0.15) is 18.4 Å². The number of amides is 1. The van der Waals surface area contributed by atoms with E-state index in [1.54, 1.807) is 17.0 Å². The van der Waals surface area contributed by atoms with Crippen molar-refractivity contribution < 1.29 is 17.9 Å². The van der Waals surface area contributed by atoms with Crippen LogP contribution in [0.25, 0.3) is 0 Å². The Balaban J connectivity index is 1.87. The molecule has 0 saturated carbocycles. The van der Waals surface area contributed by atoms with E-state index in [1.165, 1.54) is 12.1 Å². The fraction of sp³-hybridized carbons (Fsp3) is 0.385. The molecule has 21 heavy (non-hydrogen) atoms. The molecule has 0 spiro atoms. The topological polar surface area (TPSA) is 88.1 Å². The van der Waals surface area contributed by atoms with Crippen LogP contribution >= 0.6 is 0 Å². The molecule has 1 N–H and O–H groups in total. The van der Waals surface area contributed by atoms with Crippen LogP contribution in [0.5, 0.6) is 0 Å². The number of hydrogen-bond acceptors (Lipinski definition) is 5. The summed E-state index contributed by atoms with van der Waals surface area (Å²) in [5.41, 5.74) is 0.956. The molecule has 1 aromatic rings. The molecule has 1 aliphatic rings. The second-order valence-corrected chi connectivity index (χ2v) is 6.38. The van der Waals surface area contributed by atoms with Crippen LogP contribution in [0, 0.1) is 6.92 Å². The zero-order valence-corrected chi connectivity index (χ0v) is 12.5. The maximum atomic E-state index is 11.9. The van der Waals surface area contributed by atoms with Crippen LogP contribution in [-0.2, 0) is 14.8 Å². The lowest BCUT2D eigenvalue weighted by atomic mass is 10.2. The monoisotopic (exact) mass is 311 g/mol. The summed E-state index contributed by atoms with van der Waals surface area (Å²) in [6.45, 7) is 3.17. The fourth-order valence-corrected chi connectivity index (χ4v) is 2.69. The van der Waals surface area contributed by atoms with Crippen LogP contribution in [0.2, 0.25) is 0 Å². The standard InChI is InChI=1S/C13H17N3O4S/c1-11-4-6-12(7-5-11)21(18,19)15-14-10-20-13(17)16-8-2-3-9-16/h4-7,10,15H,2-3,8-9H2,1H3/b14-10+. The molecule has 1 aliphatic heterocycles. The average molecular weight is 311 g/mol. The molecule has 1 amide bonds. The minimum Gasteiger partial charge on any atom is -0.396 e. The largest absolute Gasteiger partial charge is 0.416 e. The number of rotatable bonds is 4. The number of likely N-dealkylation sites (tertiary alicyclic amines) is 1. The van der Waals surface area contributed by atoms with Crippen molar-refractivity contribution >= 4 is 22.5 Å². The van der Waals surface area contributed by atoms with Gasteiger partial charge in [-0.2, -0.15) is 13.2 Å². The molecule has 114 valence electrons. The van der Waals surface area contributed by atoms with Crippen molar-refractivity contribution in [2.75, 3.05) is 13.1 Å². The third-order valence-corrected chi connectivity index (χ3v) is 4.31. The number of aryl methyl sites for hydroxylation is 1. The van der Waals surface area contributed by atoms with Gasteiger partial charge in [0.05, 0.1) is 4.90 Å². The van der Waals surface area contributed by atoms with Crippen molar-refractivity contribution in [3.8, 4) is 0 Å². The van der Waals surface area contributed by atoms with Crippen molar-refractivity contribution in [2.45, 2.75) is 24.7 Å². The lowest BCUT2D eigenvalue weighted by molar-refractivity contribution is 0.161. The predicted molar refractivity (Wildman–Crippen MR) is 77.3 cm³/mol. The number of sulfonamides is 1. The Kier molecular flexibility index (Phi) is 4.79. The molecule has 1 saturated heterocycles. The van der Waals surface area contributed by atoms with Gasteiger partial charge in [-0.25, -0.2) is 4.79 Å². The van der Waals surface area contributed by atoms with Gasteiger partial charge in [0.2, 0.25) is 6.40 Å². The van der Waals surface area contributed by atoms with E-state index in [9.17, 15) is 13.2 Å². The van der Waals surface area contributed by atoms with Gasteiger partial charge in [0.1, 0.15) is 0 Å². The Morgan fingerprint density at radius 2 is 1.90 bits per heavy atom. The number of hydrogen-bond donors (Lipinski definition) is 1. The van der Waals surface area contributed by atoms with E-state index >= 15 is 0 Å². The molecule has 0 unspecified atom stereocenters. The lowest BCUT2D eigenvalue weighted by Crippen LogP contribution is -2.28. The van der Waals surface area contributed by atoms with Crippen LogP contribution < -0.4 is 4.83 Å². The van der Waals surface area contributed by atoms with Gasteiger partial charge in [-0.3, -0.25) is 0 Å². The Hall–Kier alpha value is -2.09. The van der Waals surface area contributed by atoms with E-state index < -0.39 is 16.1 Å². The smallest absolute Gasteiger partial charge is 0.396 e. The summed E-state index contributed by atoms with van der Waals surface area (Å²) < 4.78 is 28.5. The summed E-state index contributed by atoms with van der Waals surface area (Å²) in [5.74, 6) is 0. The fourth-order valence-electron chi connectivity index (χ4n) is 1.91. The zero-order chi connectivity index (χ0) is 15.3. The van der Waals surface area contributed by atoms with Gasteiger partial charge >= 0.3 is 6.09 Å². The first kappa shape index (κ1) is 15.3. The van der Waals surface area contributed by atoms with Crippen molar-refractivity contribution in [1.82, 2.24) is 9.73 Å². The molecule has 7 nitrogen and oxygen atoms in total. The van der Waals surface area contributed by atoms with Gasteiger partial charge in [0, 0.05) is 13.1 Å². The molecule has 1 heterocycles. The summed E-state index contributed by atoms with van der Waals surface area (Å²) in [7, 11) is -3.75. The zero-order valence-electron chi connectivity index (χ0n) is 11.7. The molecule has 1 fully saturated rings. The third-order valence-electron chi connectivity index (χ3n) is 3.07. The molecule has 1 aromatic carbocycles. The minimum absolute atomic E-state index is 0.0936. The Labute approximate surface area is 123 Å². The minimum atomic E-state index is -3.75. The quantitative estimate of drug-likeness (QED) is 0.518. The lowest BCUT2D eigenvalue weighted by Gasteiger charge is -2.12. The molecule has 0 aromatic heterocycles.